The second-order valence-electron chi connectivity index (χ2n) is 5.42. The molecule has 0 amide bonds. The van der Waals surface area contributed by atoms with Crippen LogP contribution in [-0.4, -0.2) is 27.6 Å². The number of ether oxygens (including phenoxy) is 1. The topological polar surface area (TPSA) is 93.4 Å². The molecule has 4 N–H and O–H groups in total. The van der Waals surface area contributed by atoms with E-state index < -0.39 is 15.7 Å². The van der Waals surface area contributed by atoms with Crippen molar-refractivity contribution in [1.29, 1.82) is 0 Å². The molecule has 6 nitrogen and oxygen atoms in total. The second kappa shape index (κ2) is 6.53. The smallest absolute Gasteiger partial charge is 0.274 e. The predicted molar refractivity (Wildman–Crippen MR) is 79.8 cm³/mol. The van der Waals surface area contributed by atoms with Crippen molar-refractivity contribution < 1.29 is 13.2 Å². The first-order valence-corrected chi connectivity index (χ1v) is 7.83. The van der Waals surface area contributed by atoms with E-state index in [-0.39, 0.29) is 6.54 Å². The van der Waals surface area contributed by atoms with Gasteiger partial charge in [-0.2, -0.15) is 8.42 Å². The summed E-state index contributed by atoms with van der Waals surface area (Å²) in [5.74, 6) is 0.813. The van der Waals surface area contributed by atoms with Crippen LogP contribution in [-0.2, 0) is 16.8 Å². The van der Waals surface area contributed by atoms with E-state index in [1.54, 1.807) is 7.11 Å². The van der Waals surface area contributed by atoms with Gasteiger partial charge in [0.1, 0.15) is 5.75 Å². The van der Waals surface area contributed by atoms with Gasteiger partial charge in [-0.05, 0) is 32.4 Å². The lowest BCUT2D eigenvalue weighted by Gasteiger charge is -2.26. The molecule has 0 aliphatic heterocycles. The average molecular weight is 301 g/mol. The molecule has 1 aromatic rings. The Labute approximate surface area is 120 Å². The van der Waals surface area contributed by atoms with Gasteiger partial charge in [0.05, 0.1) is 7.11 Å². The molecule has 0 fully saturated rings. The van der Waals surface area contributed by atoms with Gasteiger partial charge in [-0.3, -0.25) is 0 Å². The lowest BCUT2D eigenvalue weighted by molar-refractivity contribution is 0.371. The van der Waals surface area contributed by atoms with Gasteiger partial charge >= 0.3 is 0 Å². The number of rotatable bonds is 7. The zero-order chi connectivity index (χ0) is 15.4. The van der Waals surface area contributed by atoms with Crippen LogP contribution in [0.3, 0.4) is 0 Å². The molecule has 0 aliphatic rings. The summed E-state index contributed by atoms with van der Waals surface area (Å²) in [5, 5.41) is 8.21. The maximum atomic E-state index is 10.9. The fourth-order valence-electron chi connectivity index (χ4n) is 1.68. The normalized spacial score (nSPS) is 12.4. The van der Waals surface area contributed by atoms with Gasteiger partial charge in [0.15, 0.2) is 0 Å². The Bertz CT molecular complexity index is 556. The van der Waals surface area contributed by atoms with E-state index in [2.05, 4.69) is 10.0 Å². The molecule has 7 heteroatoms. The van der Waals surface area contributed by atoms with Crippen molar-refractivity contribution in [3.63, 3.8) is 0 Å². The third kappa shape index (κ3) is 5.87. The Kier molecular flexibility index (Phi) is 5.52. The molecule has 1 aromatic carbocycles. The number of benzene rings is 1. The van der Waals surface area contributed by atoms with E-state index in [0.29, 0.717) is 6.54 Å². The maximum absolute atomic E-state index is 10.9. The summed E-state index contributed by atoms with van der Waals surface area (Å²) < 4.78 is 29.4. The van der Waals surface area contributed by atoms with Crippen LogP contribution in [0, 0.1) is 6.92 Å². The number of hydrogen-bond donors (Lipinski definition) is 3. The predicted octanol–water partition coefficient (Wildman–Crippen LogP) is 0.665. The Hall–Kier alpha value is -1.15. The lowest BCUT2D eigenvalue weighted by atomic mass is 10.0. The van der Waals surface area contributed by atoms with E-state index >= 15 is 0 Å². The van der Waals surface area contributed by atoms with Crippen LogP contribution in [0.5, 0.6) is 5.75 Å². The quantitative estimate of drug-likeness (QED) is 0.690. The van der Waals surface area contributed by atoms with Crippen LogP contribution in [0.25, 0.3) is 0 Å². The number of nitrogens with two attached hydrogens (primary N) is 1. The Balaban J connectivity index is 2.66. The molecule has 0 heterocycles. The van der Waals surface area contributed by atoms with Gasteiger partial charge in [-0.1, -0.05) is 12.1 Å². The standard InChI is InChI=1S/C13H23N3O3S/c1-10-5-6-11(12(7-10)19-4)8-15-13(2,3)9-16-20(14,17)18/h5-7,15-16H,8-9H2,1-4H3,(H2,14,17,18). The molecule has 0 bridgehead atoms. The zero-order valence-electron chi connectivity index (χ0n) is 12.4. The SMILES string of the molecule is COc1cc(C)ccc1CNC(C)(C)CNS(N)(=O)=O. The first-order chi connectivity index (χ1) is 9.13. The van der Waals surface area contributed by atoms with E-state index in [1.807, 2.05) is 39.0 Å². The minimum Gasteiger partial charge on any atom is -0.496 e. The molecule has 0 aliphatic carbocycles. The van der Waals surface area contributed by atoms with Gasteiger partial charge in [0, 0.05) is 24.2 Å². The van der Waals surface area contributed by atoms with Gasteiger partial charge in [0.2, 0.25) is 0 Å². The first kappa shape index (κ1) is 16.9. The van der Waals surface area contributed by atoms with Crippen LogP contribution in [0.15, 0.2) is 18.2 Å². The summed E-state index contributed by atoms with van der Waals surface area (Å²) in [7, 11) is -2.04. The highest BCUT2D eigenvalue weighted by molar-refractivity contribution is 7.87. The summed E-state index contributed by atoms with van der Waals surface area (Å²) in [6, 6.07) is 5.96. The maximum Gasteiger partial charge on any atom is 0.274 e. The van der Waals surface area contributed by atoms with Gasteiger partial charge in [0.25, 0.3) is 10.2 Å². The summed E-state index contributed by atoms with van der Waals surface area (Å²) in [6.07, 6.45) is 0. The summed E-state index contributed by atoms with van der Waals surface area (Å²) in [4.78, 5) is 0. The highest BCUT2D eigenvalue weighted by Gasteiger charge is 2.19. The lowest BCUT2D eigenvalue weighted by Crippen LogP contribution is -2.49. The molecule has 0 saturated carbocycles. The molecule has 0 aromatic heterocycles. The monoisotopic (exact) mass is 301 g/mol. The molecule has 0 atom stereocenters. The fraction of sp³-hybridized carbons (Fsp3) is 0.538. The molecule has 1 rings (SSSR count). The molecule has 114 valence electrons. The number of hydrogen-bond acceptors (Lipinski definition) is 4. The Morgan fingerprint density at radius 2 is 2.00 bits per heavy atom. The van der Waals surface area contributed by atoms with Crippen molar-refractivity contribution in [1.82, 2.24) is 10.0 Å². The van der Waals surface area contributed by atoms with Crippen molar-refractivity contribution in [2.75, 3.05) is 13.7 Å². The van der Waals surface area contributed by atoms with Crippen molar-refractivity contribution >= 4 is 10.2 Å². The molecule has 0 saturated heterocycles. The van der Waals surface area contributed by atoms with Crippen LogP contribution < -0.4 is 19.9 Å². The van der Waals surface area contributed by atoms with Crippen LogP contribution in [0.2, 0.25) is 0 Å². The average Bonchev–Trinajstić information content (AvgIpc) is 2.34. The minimum atomic E-state index is -3.67. The van der Waals surface area contributed by atoms with Crippen molar-refractivity contribution in [3.8, 4) is 5.75 Å². The molecule has 0 spiro atoms. The molecule has 20 heavy (non-hydrogen) atoms. The van der Waals surface area contributed by atoms with Crippen LogP contribution in [0.4, 0.5) is 0 Å². The van der Waals surface area contributed by atoms with E-state index in [4.69, 9.17) is 9.88 Å². The minimum absolute atomic E-state index is 0.208. The largest absolute Gasteiger partial charge is 0.496 e. The fourth-order valence-corrected chi connectivity index (χ4v) is 2.24. The van der Waals surface area contributed by atoms with E-state index in [1.165, 1.54) is 0 Å². The molecular weight excluding hydrogens is 278 g/mol. The molecule has 0 radical (unpaired) electrons. The number of nitrogens with one attached hydrogen (secondary N) is 2. The highest BCUT2D eigenvalue weighted by atomic mass is 32.2. The van der Waals surface area contributed by atoms with Gasteiger partial charge in [-0.15, -0.1) is 0 Å². The summed E-state index contributed by atoms with van der Waals surface area (Å²) in [5.41, 5.74) is 1.71. The third-order valence-corrected chi connectivity index (χ3v) is 3.46. The second-order valence-corrected chi connectivity index (χ2v) is 6.80. The van der Waals surface area contributed by atoms with Crippen molar-refractivity contribution in [2.45, 2.75) is 32.9 Å². The van der Waals surface area contributed by atoms with Crippen molar-refractivity contribution in [2.24, 2.45) is 5.14 Å². The van der Waals surface area contributed by atoms with E-state index in [9.17, 15) is 8.42 Å². The molecular formula is C13H23N3O3S. The summed E-state index contributed by atoms with van der Waals surface area (Å²) in [6.45, 7) is 6.57. The van der Waals surface area contributed by atoms with Crippen LogP contribution in [0.1, 0.15) is 25.0 Å². The molecule has 0 unspecified atom stereocenters. The van der Waals surface area contributed by atoms with Crippen LogP contribution >= 0.6 is 0 Å². The Morgan fingerprint density at radius 3 is 2.55 bits per heavy atom. The van der Waals surface area contributed by atoms with Gasteiger partial charge in [-0.25, -0.2) is 9.86 Å². The third-order valence-electron chi connectivity index (χ3n) is 2.92. The van der Waals surface area contributed by atoms with Crippen molar-refractivity contribution in [3.05, 3.63) is 29.3 Å². The highest BCUT2D eigenvalue weighted by Crippen LogP contribution is 2.20. The zero-order valence-corrected chi connectivity index (χ0v) is 13.2. The number of aryl methyl sites for hydroxylation is 1. The first-order valence-electron chi connectivity index (χ1n) is 6.29. The van der Waals surface area contributed by atoms with Gasteiger partial charge < -0.3 is 10.1 Å². The number of methoxy groups -OCH3 is 1. The summed E-state index contributed by atoms with van der Waals surface area (Å²) >= 11 is 0. The van der Waals surface area contributed by atoms with E-state index in [0.717, 1.165) is 16.9 Å². The Morgan fingerprint density at radius 1 is 1.35 bits per heavy atom.